The van der Waals surface area contributed by atoms with Crippen LogP contribution in [0.3, 0.4) is 0 Å². The SMILES string of the molecule is C=C/C=C\N(N)c1ccc(NC2=NC3=NC(Nc4ccc(-n5cccn5)cc4)=NC4=NC(Nc5ccc(-n6cccn6)cc5)=NC(=N2)N34)cc1. The fourth-order valence-corrected chi connectivity index (χ4v) is 5.04. The van der Waals surface area contributed by atoms with Crippen molar-refractivity contribution in [1.29, 1.82) is 0 Å². The fourth-order valence-electron chi connectivity index (χ4n) is 5.04. The van der Waals surface area contributed by atoms with Gasteiger partial charge in [0.1, 0.15) is 0 Å². The summed E-state index contributed by atoms with van der Waals surface area (Å²) in [5.74, 6) is 7.80. The average Bonchev–Trinajstić information content (AvgIpc) is 3.88. The summed E-state index contributed by atoms with van der Waals surface area (Å²) in [4.78, 5) is 29.7. The van der Waals surface area contributed by atoms with E-state index in [1.165, 1.54) is 5.01 Å². The van der Waals surface area contributed by atoms with Gasteiger partial charge < -0.3 is 16.0 Å². The van der Waals surface area contributed by atoms with E-state index in [0.717, 1.165) is 34.1 Å². The molecule has 2 aromatic heterocycles. The third-order valence-corrected chi connectivity index (χ3v) is 7.42. The summed E-state index contributed by atoms with van der Waals surface area (Å²) in [7, 11) is 0. The molecule has 16 nitrogen and oxygen atoms in total. The minimum absolute atomic E-state index is 0.275. The Balaban J connectivity index is 1.09. The molecule has 3 aliphatic heterocycles. The number of rotatable bonds is 8. The Kier molecular flexibility index (Phi) is 7.76. The van der Waals surface area contributed by atoms with Crippen LogP contribution in [0.15, 0.2) is 165 Å². The Bertz CT molecular complexity index is 2160. The molecule has 0 atom stereocenters. The summed E-state index contributed by atoms with van der Waals surface area (Å²) in [6, 6.07) is 26.7. The van der Waals surface area contributed by atoms with Crippen molar-refractivity contribution in [2.75, 3.05) is 21.0 Å². The smallest absolute Gasteiger partial charge is 0.246 e. The lowest BCUT2D eigenvalue weighted by atomic mass is 10.2. The lowest BCUT2D eigenvalue weighted by Gasteiger charge is -2.30. The molecule has 3 aromatic carbocycles. The number of guanidine groups is 6. The van der Waals surface area contributed by atoms with Crippen LogP contribution in [0.25, 0.3) is 11.4 Å². The minimum atomic E-state index is 0.275. The molecule has 8 rings (SSSR count). The summed E-state index contributed by atoms with van der Waals surface area (Å²) >= 11 is 0. The number of hydrazine groups is 1. The van der Waals surface area contributed by atoms with Crippen LogP contribution < -0.4 is 26.8 Å². The molecule has 0 aliphatic carbocycles. The number of nitrogens with one attached hydrogen (secondary N) is 3. The maximum absolute atomic E-state index is 6.09. The van der Waals surface area contributed by atoms with Gasteiger partial charge in [0.15, 0.2) is 0 Å². The average molecular weight is 661 g/mol. The van der Waals surface area contributed by atoms with E-state index in [1.807, 2.05) is 97.3 Å². The highest BCUT2D eigenvalue weighted by Gasteiger charge is 2.35. The number of benzene rings is 3. The second-order valence-electron chi connectivity index (χ2n) is 10.8. The molecule has 0 bridgehead atoms. The Morgan fingerprint density at radius 1 is 0.580 bits per heavy atom. The molecule has 5 aromatic rings. The number of nitrogens with two attached hydrogens (primary N) is 1. The summed E-state index contributed by atoms with van der Waals surface area (Å²) in [6.07, 6.45) is 12.3. The van der Waals surface area contributed by atoms with Gasteiger partial charge in [0.25, 0.3) is 0 Å². The topological polar surface area (TPSA) is 178 Å². The zero-order valence-corrected chi connectivity index (χ0v) is 26.3. The first-order valence-corrected chi connectivity index (χ1v) is 15.3. The van der Waals surface area contributed by atoms with Gasteiger partial charge in [-0.15, -0.1) is 0 Å². The van der Waals surface area contributed by atoms with E-state index in [1.54, 1.807) is 45.0 Å². The quantitative estimate of drug-likeness (QED) is 0.106. The molecule has 16 heteroatoms. The van der Waals surface area contributed by atoms with Gasteiger partial charge in [0, 0.05) is 48.0 Å². The fraction of sp³-hybridized carbons (Fsp3) is 0. The van der Waals surface area contributed by atoms with Crippen molar-refractivity contribution in [2.24, 2.45) is 35.8 Å². The summed E-state index contributed by atoms with van der Waals surface area (Å²) in [5.41, 5.74) is 4.88. The van der Waals surface area contributed by atoms with Gasteiger partial charge >= 0.3 is 0 Å². The van der Waals surface area contributed by atoms with E-state index in [-0.39, 0.29) is 35.8 Å². The maximum atomic E-state index is 6.09. The van der Waals surface area contributed by atoms with Gasteiger partial charge in [-0.2, -0.15) is 40.2 Å². The van der Waals surface area contributed by atoms with Crippen molar-refractivity contribution >= 4 is 58.5 Å². The molecule has 0 radical (unpaired) electrons. The summed E-state index contributed by atoms with van der Waals surface area (Å²) < 4.78 is 3.56. The van der Waals surface area contributed by atoms with E-state index < -0.39 is 0 Å². The first-order valence-electron chi connectivity index (χ1n) is 15.3. The van der Waals surface area contributed by atoms with E-state index in [2.05, 4.69) is 42.7 Å². The first kappa shape index (κ1) is 29.9. The number of aromatic nitrogens is 4. The van der Waals surface area contributed by atoms with E-state index >= 15 is 0 Å². The Morgan fingerprint density at radius 2 is 1.00 bits per heavy atom. The molecule has 3 aliphatic rings. The van der Waals surface area contributed by atoms with Crippen molar-refractivity contribution in [1.82, 2.24) is 24.5 Å². The van der Waals surface area contributed by atoms with Gasteiger partial charge in [-0.1, -0.05) is 12.7 Å². The zero-order chi connectivity index (χ0) is 33.9. The lowest BCUT2D eigenvalue weighted by Crippen LogP contribution is -2.49. The summed E-state index contributed by atoms with van der Waals surface area (Å²) in [5, 5.41) is 19.9. The second kappa shape index (κ2) is 13.0. The van der Waals surface area contributed by atoms with Crippen LogP contribution in [0.2, 0.25) is 0 Å². The number of allylic oxidation sites excluding steroid dienone is 2. The van der Waals surface area contributed by atoms with E-state index in [0.29, 0.717) is 0 Å². The van der Waals surface area contributed by atoms with Crippen LogP contribution in [-0.2, 0) is 0 Å². The molecular formula is C34H28N16. The second-order valence-corrected chi connectivity index (χ2v) is 10.8. The normalized spacial score (nSPS) is 14.8. The van der Waals surface area contributed by atoms with Crippen LogP contribution in [0.4, 0.5) is 22.7 Å². The highest BCUT2D eigenvalue weighted by atomic mass is 15.5. The number of hydrogen-bond acceptors (Lipinski definition) is 14. The van der Waals surface area contributed by atoms with Gasteiger partial charge in [0.2, 0.25) is 35.8 Å². The van der Waals surface area contributed by atoms with Crippen molar-refractivity contribution in [3.05, 3.63) is 135 Å². The number of hydrogen-bond donors (Lipinski definition) is 4. The minimum Gasteiger partial charge on any atom is -0.324 e. The molecule has 244 valence electrons. The monoisotopic (exact) mass is 660 g/mol. The van der Waals surface area contributed by atoms with Crippen molar-refractivity contribution < 1.29 is 0 Å². The van der Waals surface area contributed by atoms with Crippen LogP contribution >= 0.6 is 0 Å². The summed E-state index contributed by atoms with van der Waals surface area (Å²) in [6.45, 7) is 3.68. The van der Waals surface area contributed by atoms with Crippen molar-refractivity contribution in [3.8, 4) is 11.4 Å². The molecule has 0 fully saturated rings. The predicted octanol–water partition coefficient (Wildman–Crippen LogP) is 4.55. The number of anilines is 4. The maximum Gasteiger partial charge on any atom is 0.246 e. The highest BCUT2D eigenvalue weighted by molar-refractivity contribution is 6.32. The zero-order valence-electron chi connectivity index (χ0n) is 26.3. The molecule has 0 saturated heterocycles. The van der Waals surface area contributed by atoms with Crippen molar-refractivity contribution in [2.45, 2.75) is 0 Å². The molecule has 0 spiro atoms. The van der Waals surface area contributed by atoms with E-state index in [9.17, 15) is 0 Å². The standard InChI is InChI=1S/C34H28N16/c1-2-3-20-47(35)26-12-6-23(7-13-26)38-29-41-32-43-30(39-24-8-14-27(15-9-24)48-21-4-18-36-48)45-34-46-31(44-33(42-29)50(32)34)40-25-10-16-28(17-11-25)49-22-5-19-37-49/h2-22H,1,35H2,(H3,38,39,40,41,42,43,44,45,46)/b20-3-. The van der Waals surface area contributed by atoms with Crippen molar-refractivity contribution in [3.63, 3.8) is 0 Å². The Hall–Kier alpha value is -7.46. The molecular weight excluding hydrogens is 632 g/mol. The number of aliphatic imine (C=N–C) groups is 6. The molecule has 50 heavy (non-hydrogen) atoms. The van der Waals surface area contributed by atoms with Crippen LogP contribution in [0.1, 0.15) is 0 Å². The first-order chi connectivity index (χ1) is 24.6. The highest BCUT2D eigenvalue weighted by Crippen LogP contribution is 2.22. The lowest BCUT2D eigenvalue weighted by molar-refractivity contribution is 0.826. The van der Waals surface area contributed by atoms with Gasteiger partial charge in [-0.3, -0.25) is 5.01 Å². The van der Waals surface area contributed by atoms with Crippen LogP contribution in [0, 0.1) is 0 Å². The predicted molar refractivity (Wildman–Crippen MR) is 197 cm³/mol. The third-order valence-electron chi connectivity index (χ3n) is 7.42. The molecule has 5 heterocycles. The van der Waals surface area contributed by atoms with Gasteiger partial charge in [-0.05, 0) is 91.0 Å². The molecule has 5 N–H and O–H groups in total. The molecule has 0 amide bonds. The molecule has 0 unspecified atom stereocenters. The molecule has 0 saturated carbocycles. The van der Waals surface area contributed by atoms with Crippen LogP contribution in [-0.4, -0.2) is 60.2 Å². The van der Waals surface area contributed by atoms with Crippen LogP contribution in [0.5, 0.6) is 0 Å². The Labute approximate surface area is 285 Å². The van der Waals surface area contributed by atoms with Gasteiger partial charge in [0.05, 0.1) is 17.1 Å². The van der Waals surface area contributed by atoms with E-state index in [4.69, 9.17) is 25.8 Å². The Morgan fingerprint density at radius 3 is 1.38 bits per heavy atom. The third kappa shape index (κ3) is 6.27. The van der Waals surface area contributed by atoms with Gasteiger partial charge in [-0.25, -0.2) is 20.1 Å². The number of nitrogens with zero attached hydrogens (tertiary/aromatic N) is 12. The largest absolute Gasteiger partial charge is 0.324 e.